The van der Waals surface area contributed by atoms with Crippen LogP contribution in [0.4, 0.5) is 0 Å². The molecule has 15 heteroatoms. The van der Waals surface area contributed by atoms with Gasteiger partial charge in [0.2, 0.25) is 0 Å². The van der Waals surface area contributed by atoms with Crippen molar-refractivity contribution in [2.24, 2.45) is 0 Å². The topological polar surface area (TPSA) is 209 Å². The van der Waals surface area contributed by atoms with E-state index in [0.29, 0.717) is 0 Å². The molecule has 0 aromatic heterocycles. The molecule has 0 unspecified atom stereocenters. The number of ether oxygens (including phenoxy) is 2. The molecule has 0 radical (unpaired) electrons. The van der Waals surface area contributed by atoms with Crippen molar-refractivity contribution in [3.05, 3.63) is 0 Å². The molecule has 0 aliphatic carbocycles. The predicted octanol–water partition coefficient (Wildman–Crippen LogP) is 2.02. The summed E-state index contributed by atoms with van der Waals surface area (Å²) in [6, 6.07) is 0. The third-order valence-corrected chi connectivity index (χ3v) is 8.75. The molecule has 0 aromatic rings. The maximum absolute atomic E-state index is 8.09. The van der Waals surface area contributed by atoms with Gasteiger partial charge < -0.3 is 35.4 Å². The van der Waals surface area contributed by atoms with E-state index < -0.39 is 12.3 Å². The van der Waals surface area contributed by atoms with E-state index in [0.717, 1.165) is 26.4 Å². The van der Waals surface area contributed by atoms with Crippen molar-refractivity contribution in [3.63, 3.8) is 0 Å². The van der Waals surface area contributed by atoms with Crippen molar-refractivity contribution in [2.75, 3.05) is 79.8 Å². The van der Waals surface area contributed by atoms with Gasteiger partial charge in [0.05, 0.1) is 53.6 Å². The van der Waals surface area contributed by atoms with E-state index in [9.17, 15) is 0 Å². The third-order valence-electron chi connectivity index (χ3n) is 8.75. The molecular formula is C34H56B2BrN10O2-. The average molecular weight is 738 g/mol. The highest BCUT2D eigenvalue weighted by atomic mass is 79.9. The van der Waals surface area contributed by atoms with Crippen molar-refractivity contribution in [1.82, 2.24) is 0 Å². The fourth-order valence-corrected chi connectivity index (χ4v) is 4.91. The van der Waals surface area contributed by atoms with Crippen LogP contribution in [0.5, 0.6) is 0 Å². The second kappa shape index (κ2) is 30.4. The molecule has 2 rings (SSSR count). The monoisotopic (exact) mass is 737 g/mol. The van der Waals surface area contributed by atoms with Crippen LogP contribution in [0.3, 0.4) is 0 Å². The number of likely N-dealkylation sites (N-methyl/N-ethyl adjacent to an activating group) is 2. The van der Waals surface area contributed by atoms with E-state index in [1.807, 2.05) is 0 Å². The van der Waals surface area contributed by atoms with Crippen LogP contribution in [0.15, 0.2) is 0 Å². The second-order valence-electron chi connectivity index (χ2n) is 13.1. The first-order valence-electron chi connectivity index (χ1n) is 17.5. The number of rotatable bonds is 14. The van der Waals surface area contributed by atoms with Crippen molar-refractivity contribution in [1.29, 1.82) is 42.1 Å². The van der Waals surface area contributed by atoms with Gasteiger partial charge in [-0.15, -0.1) is 47.7 Å². The van der Waals surface area contributed by atoms with Gasteiger partial charge in [-0.25, -0.2) is 42.1 Å². The lowest BCUT2D eigenvalue weighted by atomic mass is 9.30. The first-order chi connectivity index (χ1) is 23.0. The standard InChI is InChI=1S/2C13H28NO.2C4BN4.BrH/c2*1-3-4-5-6-7-8-9-14(2)10-12-15-13-11-14;2*6-1-5(2-7,3-8)4-9;/h2*3-13H2,1-2H3;;;1H/q2*+1;2*-1;/p-1. The van der Waals surface area contributed by atoms with Gasteiger partial charge in [-0.2, -0.15) is 0 Å². The van der Waals surface area contributed by atoms with E-state index in [-0.39, 0.29) is 17.0 Å². The number of quaternary nitrogens is 2. The summed E-state index contributed by atoms with van der Waals surface area (Å²) in [5, 5.41) is 64.7. The van der Waals surface area contributed by atoms with Gasteiger partial charge >= 0.3 is 12.3 Å². The van der Waals surface area contributed by atoms with E-state index in [1.54, 1.807) is 0 Å². The zero-order valence-corrected chi connectivity index (χ0v) is 32.0. The van der Waals surface area contributed by atoms with Gasteiger partial charge in [-0.1, -0.05) is 65.2 Å². The predicted molar refractivity (Wildman–Crippen MR) is 186 cm³/mol. The van der Waals surface area contributed by atoms with Crippen molar-refractivity contribution in [3.8, 4) is 47.7 Å². The number of unbranched alkanes of at least 4 members (excludes halogenated alkanes) is 10. The lowest BCUT2D eigenvalue weighted by molar-refractivity contribution is -0.917. The van der Waals surface area contributed by atoms with Gasteiger partial charge in [0.15, 0.2) is 0 Å². The summed E-state index contributed by atoms with van der Waals surface area (Å²) in [4.78, 5) is 0. The van der Waals surface area contributed by atoms with Crippen molar-refractivity contribution < 1.29 is 35.4 Å². The zero-order chi connectivity index (χ0) is 36.6. The van der Waals surface area contributed by atoms with E-state index in [2.05, 4.69) is 27.9 Å². The fraction of sp³-hybridized carbons (Fsp3) is 0.765. The molecule has 268 valence electrons. The molecule has 2 saturated heterocycles. The molecule has 49 heavy (non-hydrogen) atoms. The maximum atomic E-state index is 8.09. The van der Waals surface area contributed by atoms with Gasteiger partial charge in [0.25, 0.3) is 0 Å². The lowest BCUT2D eigenvalue weighted by Gasteiger charge is -2.37. The molecule has 2 fully saturated rings. The Kier molecular flexibility index (Phi) is 30.9. The Morgan fingerprint density at radius 2 is 0.653 bits per heavy atom. The molecule has 0 bridgehead atoms. The maximum Gasteiger partial charge on any atom is 0.383 e. The zero-order valence-electron chi connectivity index (χ0n) is 30.4. The summed E-state index contributed by atoms with van der Waals surface area (Å²) in [5.74, 6) is 10.8. The molecule has 0 saturated carbocycles. The Morgan fingerprint density at radius 1 is 0.429 bits per heavy atom. The Bertz CT molecular complexity index is 1010. The van der Waals surface area contributed by atoms with Crippen LogP contribution in [0.1, 0.15) is 90.9 Å². The van der Waals surface area contributed by atoms with E-state index in [1.165, 1.54) is 173 Å². The number of morpholine rings is 2. The fourth-order valence-electron chi connectivity index (χ4n) is 4.91. The van der Waals surface area contributed by atoms with E-state index in [4.69, 9.17) is 51.6 Å². The van der Waals surface area contributed by atoms with Gasteiger partial charge in [-0.3, -0.25) is 0 Å². The van der Waals surface area contributed by atoms with Gasteiger partial charge in [-0.05, 0) is 25.7 Å². The number of hydrogen-bond donors (Lipinski definition) is 0. The Morgan fingerprint density at radius 3 is 0.857 bits per heavy atom. The van der Waals surface area contributed by atoms with Crippen LogP contribution < -0.4 is 17.0 Å². The third kappa shape index (κ3) is 23.4. The Labute approximate surface area is 307 Å². The van der Waals surface area contributed by atoms with Gasteiger partial charge in [0, 0.05) is 0 Å². The smallest absolute Gasteiger partial charge is 0.383 e. The molecular weight excluding hydrogens is 682 g/mol. The normalized spacial score (nSPS) is 15.3. The molecule has 0 aromatic carbocycles. The molecule has 2 aliphatic heterocycles. The van der Waals surface area contributed by atoms with Crippen LogP contribution in [0, 0.1) is 89.8 Å². The molecule has 0 amide bonds. The highest BCUT2D eigenvalue weighted by Crippen LogP contribution is 2.13. The van der Waals surface area contributed by atoms with Crippen LogP contribution in [-0.2, 0) is 9.47 Å². The molecule has 2 heterocycles. The van der Waals surface area contributed by atoms with Crippen LogP contribution in [0.25, 0.3) is 0 Å². The molecule has 12 nitrogen and oxygen atoms in total. The Balaban J connectivity index is -0.000000590. The van der Waals surface area contributed by atoms with Crippen LogP contribution in [0.2, 0.25) is 0 Å². The number of nitriles is 8. The summed E-state index contributed by atoms with van der Waals surface area (Å²) >= 11 is 0. The van der Waals surface area contributed by atoms with Crippen molar-refractivity contribution in [2.45, 2.75) is 90.9 Å². The minimum Gasteiger partial charge on any atom is -1.00 e. The summed E-state index contributed by atoms with van der Waals surface area (Å²) in [7, 11) is 4.77. The first-order valence-corrected chi connectivity index (χ1v) is 17.5. The molecule has 0 atom stereocenters. The number of nitrogens with zero attached hydrogens (tertiary/aromatic N) is 10. The minimum absolute atomic E-state index is 0. The van der Waals surface area contributed by atoms with Gasteiger partial charge in [0.1, 0.15) is 26.2 Å². The quantitative estimate of drug-likeness (QED) is 0.144. The number of hydrogen-bond acceptors (Lipinski definition) is 10. The highest BCUT2D eigenvalue weighted by molar-refractivity contribution is 7.05. The molecule has 0 N–H and O–H groups in total. The largest absolute Gasteiger partial charge is 1.00 e. The summed E-state index contributed by atoms with van der Waals surface area (Å²) < 4.78 is 13.3. The van der Waals surface area contributed by atoms with Crippen LogP contribution in [-0.4, -0.2) is 101 Å². The molecule has 0 spiro atoms. The summed E-state index contributed by atoms with van der Waals surface area (Å²) in [6.45, 7) is 16.0. The number of halogens is 1. The second-order valence-corrected chi connectivity index (χ2v) is 13.1. The lowest BCUT2D eigenvalue weighted by Crippen LogP contribution is -3.00. The van der Waals surface area contributed by atoms with Crippen molar-refractivity contribution >= 4 is 12.3 Å². The average Bonchev–Trinajstić information content (AvgIpc) is 3.12. The first kappa shape index (κ1) is 49.8. The van der Waals surface area contributed by atoms with E-state index >= 15 is 0 Å². The summed E-state index contributed by atoms with van der Waals surface area (Å²) in [5.41, 5.74) is 0. The minimum atomic E-state index is -2.72. The highest BCUT2D eigenvalue weighted by Gasteiger charge is 2.25. The van der Waals surface area contributed by atoms with Crippen LogP contribution >= 0.6 is 0 Å². The summed E-state index contributed by atoms with van der Waals surface area (Å²) in [6.07, 6.45) is 11.5. The SMILES string of the molecule is CCCCCCCC[N+]1(C)CCOCC1.CCCCCCCC[N+]1(C)CCOCC1.N#C[B-](C#N)(C#N)C#N.N#C[B-](C#N)(C#N)C#N.[Br-]. The Hall–Kier alpha value is -3.63. The molecule has 2 aliphatic rings.